The Labute approximate surface area is 139 Å². The van der Waals surface area contributed by atoms with E-state index < -0.39 is 10.9 Å². The lowest BCUT2D eigenvalue weighted by Crippen LogP contribution is -2.13. The van der Waals surface area contributed by atoms with Gasteiger partial charge in [0.1, 0.15) is 5.69 Å². The molecular formula is C14H12BrClN2O4. The molecule has 0 fully saturated rings. The molecule has 0 amide bonds. The molecule has 1 aromatic heterocycles. The Morgan fingerprint density at radius 1 is 1.45 bits per heavy atom. The van der Waals surface area contributed by atoms with Crippen LogP contribution in [0, 0.1) is 10.1 Å². The molecule has 0 aliphatic rings. The van der Waals surface area contributed by atoms with Crippen LogP contribution in [-0.4, -0.2) is 22.1 Å². The summed E-state index contributed by atoms with van der Waals surface area (Å²) in [5.41, 5.74) is 0.665. The molecule has 116 valence electrons. The number of nitro groups is 1. The number of ether oxygens (including phenoxy) is 1. The average molecular weight is 388 g/mol. The van der Waals surface area contributed by atoms with E-state index in [-0.39, 0.29) is 18.8 Å². The van der Waals surface area contributed by atoms with E-state index in [9.17, 15) is 14.9 Å². The predicted octanol–water partition coefficient (Wildman–Crippen LogP) is 4.04. The summed E-state index contributed by atoms with van der Waals surface area (Å²) in [4.78, 5) is 22.6. The summed E-state index contributed by atoms with van der Waals surface area (Å²) in [7, 11) is 0. The molecule has 1 aromatic carbocycles. The molecule has 0 N–H and O–H groups in total. The zero-order valence-corrected chi connectivity index (χ0v) is 13.9. The van der Waals surface area contributed by atoms with E-state index in [0.717, 1.165) is 0 Å². The van der Waals surface area contributed by atoms with E-state index in [1.807, 2.05) is 0 Å². The topological polar surface area (TPSA) is 74.4 Å². The summed E-state index contributed by atoms with van der Waals surface area (Å²) in [6.07, 6.45) is 1.66. The minimum absolute atomic E-state index is 0.0518. The zero-order valence-electron chi connectivity index (χ0n) is 11.6. The number of rotatable bonds is 5. The van der Waals surface area contributed by atoms with Crippen molar-refractivity contribution < 1.29 is 14.5 Å². The van der Waals surface area contributed by atoms with E-state index >= 15 is 0 Å². The van der Waals surface area contributed by atoms with Gasteiger partial charge in [-0.05, 0) is 41.1 Å². The van der Waals surface area contributed by atoms with Crippen LogP contribution < -0.4 is 0 Å². The Bertz CT molecular complexity index is 730. The third-order valence-corrected chi connectivity index (χ3v) is 3.60. The third-order valence-electron chi connectivity index (χ3n) is 2.93. The maximum absolute atomic E-state index is 11.9. The Hall–Kier alpha value is -1.86. The highest BCUT2D eigenvalue weighted by molar-refractivity contribution is 9.10. The van der Waals surface area contributed by atoms with E-state index in [1.165, 1.54) is 18.2 Å². The molecule has 6 nitrogen and oxygen atoms in total. The molecule has 0 aliphatic carbocycles. The fraction of sp³-hybridized carbons (Fsp3) is 0.214. The van der Waals surface area contributed by atoms with E-state index in [1.54, 1.807) is 23.8 Å². The van der Waals surface area contributed by atoms with Crippen LogP contribution in [0.5, 0.6) is 0 Å². The predicted molar refractivity (Wildman–Crippen MR) is 85.3 cm³/mol. The molecule has 0 aliphatic heterocycles. The molecule has 0 saturated carbocycles. The van der Waals surface area contributed by atoms with Crippen molar-refractivity contribution in [3.8, 4) is 0 Å². The van der Waals surface area contributed by atoms with Crippen molar-refractivity contribution in [1.29, 1.82) is 0 Å². The van der Waals surface area contributed by atoms with Gasteiger partial charge in [-0.25, -0.2) is 4.79 Å². The first-order chi connectivity index (χ1) is 10.4. The lowest BCUT2D eigenvalue weighted by molar-refractivity contribution is -0.385. The van der Waals surface area contributed by atoms with Crippen LogP contribution in [0.15, 0.2) is 34.9 Å². The molecule has 22 heavy (non-hydrogen) atoms. The molecule has 0 unspecified atom stereocenters. The molecular weight excluding hydrogens is 376 g/mol. The summed E-state index contributed by atoms with van der Waals surface area (Å²) in [6.45, 7) is 2.09. The minimum atomic E-state index is -0.488. The maximum atomic E-state index is 11.9. The minimum Gasteiger partial charge on any atom is -0.461 e. The lowest BCUT2D eigenvalue weighted by Gasteiger charge is -2.09. The normalized spacial score (nSPS) is 10.5. The lowest BCUT2D eigenvalue weighted by atomic mass is 10.2. The van der Waals surface area contributed by atoms with Crippen LogP contribution in [0.4, 0.5) is 5.69 Å². The summed E-state index contributed by atoms with van der Waals surface area (Å²) < 4.78 is 7.25. The number of benzene rings is 1. The highest BCUT2D eigenvalue weighted by Crippen LogP contribution is 2.25. The number of halogens is 2. The van der Waals surface area contributed by atoms with Crippen LogP contribution in [-0.2, 0) is 11.3 Å². The van der Waals surface area contributed by atoms with Crippen molar-refractivity contribution in [1.82, 2.24) is 4.57 Å². The number of nitrogens with zero attached hydrogens (tertiary/aromatic N) is 2. The molecule has 8 heteroatoms. The van der Waals surface area contributed by atoms with Gasteiger partial charge >= 0.3 is 5.97 Å². The van der Waals surface area contributed by atoms with Crippen LogP contribution in [0.1, 0.15) is 23.0 Å². The monoisotopic (exact) mass is 386 g/mol. The van der Waals surface area contributed by atoms with E-state index in [2.05, 4.69) is 15.9 Å². The molecule has 0 saturated heterocycles. The van der Waals surface area contributed by atoms with E-state index in [4.69, 9.17) is 16.3 Å². The van der Waals surface area contributed by atoms with Crippen LogP contribution >= 0.6 is 27.5 Å². The summed E-state index contributed by atoms with van der Waals surface area (Å²) in [5.74, 6) is -0.488. The molecule has 0 radical (unpaired) electrons. The third kappa shape index (κ3) is 3.66. The highest BCUT2D eigenvalue weighted by atomic mass is 79.9. The van der Waals surface area contributed by atoms with Crippen molar-refractivity contribution in [3.05, 3.63) is 61.3 Å². The fourth-order valence-corrected chi connectivity index (χ4v) is 2.68. The number of nitro benzene ring substituents is 1. The van der Waals surface area contributed by atoms with Gasteiger partial charge in [0.15, 0.2) is 0 Å². The molecule has 1 heterocycles. The van der Waals surface area contributed by atoms with Crippen molar-refractivity contribution in [3.63, 3.8) is 0 Å². The zero-order chi connectivity index (χ0) is 16.3. The number of esters is 1. The number of aromatic nitrogens is 1. The molecule has 0 bridgehead atoms. The van der Waals surface area contributed by atoms with Gasteiger partial charge in [0.05, 0.1) is 23.6 Å². The van der Waals surface area contributed by atoms with Gasteiger partial charge in [0, 0.05) is 21.8 Å². The van der Waals surface area contributed by atoms with Gasteiger partial charge in [-0.15, -0.1) is 0 Å². The van der Waals surface area contributed by atoms with Crippen molar-refractivity contribution in [2.24, 2.45) is 0 Å². The van der Waals surface area contributed by atoms with Gasteiger partial charge in [-0.3, -0.25) is 10.1 Å². The largest absolute Gasteiger partial charge is 0.461 e. The van der Waals surface area contributed by atoms with Gasteiger partial charge in [-0.1, -0.05) is 11.6 Å². The number of hydrogen-bond acceptors (Lipinski definition) is 4. The molecule has 2 rings (SSSR count). The van der Waals surface area contributed by atoms with Crippen molar-refractivity contribution in [2.75, 3.05) is 6.61 Å². The molecule has 0 spiro atoms. The Balaban J connectivity index is 2.41. The second-order valence-electron chi connectivity index (χ2n) is 4.42. The first-order valence-electron chi connectivity index (χ1n) is 6.38. The van der Waals surface area contributed by atoms with Gasteiger partial charge < -0.3 is 9.30 Å². The summed E-state index contributed by atoms with van der Waals surface area (Å²) >= 11 is 9.20. The number of hydrogen-bond donors (Lipinski definition) is 0. The van der Waals surface area contributed by atoms with Crippen LogP contribution in [0.2, 0.25) is 5.02 Å². The first kappa shape index (κ1) is 16.5. The average Bonchev–Trinajstić information content (AvgIpc) is 2.79. The second kappa shape index (κ2) is 6.93. The van der Waals surface area contributed by atoms with Crippen molar-refractivity contribution in [2.45, 2.75) is 13.5 Å². The van der Waals surface area contributed by atoms with Gasteiger partial charge in [0.2, 0.25) is 0 Å². The summed E-state index contributed by atoms with van der Waals surface area (Å²) in [5, 5.41) is 11.5. The highest BCUT2D eigenvalue weighted by Gasteiger charge is 2.19. The Morgan fingerprint density at radius 3 is 2.82 bits per heavy atom. The number of carbonyl (C=O) groups excluding carboxylic acids is 1. The molecule has 2 aromatic rings. The SMILES string of the molecule is CCOC(=O)c1cc(Br)cn1Cc1cc(Cl)ccc1[N+](=O)[O-]. The first-order valence-corrected chi connectivity index (χ1v) is 7.55. The summed E-state index contributed by atoms with van der Waals surface area (Å²) in [6, 6.07) is 5.93. The quantitative estimate of drug-likeness (QED) is 0.441. The van der Waals surface area contributed by atoms with Crippen molar-refractivity contribution >= 4 is 39.2 Å². The Morgan fingerprint density at radius 2 is 2.18 bits per heavy atom. The van der Waals surface area contributed by atoms with Gasteiger partial charge in [-0.2, -0.15) is 0 Å². The standard InChI is InChI=1S/C14H12BrClN2O4/c1-2-22-14(19)13-6-10(15)8-17(13)7-9-5-11(16)3-4-12(9)18(20)21/h3-6,8H,2,7H2,1H3. The van der Waals surface area contributed by atoms with E-state index in [0.29, 0.717) is 20.8 Å². The maximum Gasteiger partial charge on any atom is 0.354 e. The fourth-order valence-electron chi connectivity index (χ4n) is 2.02. The molecule has 0 atom stereocenters. The Kier molecular flexibility index (Phi) is 5.20. The van der Waals surface area contributed by atoms with Gasteiger partial charge in [0.25, 0.3) is 5.69 Å². The van der Waals surface area contributed by atoms with Crippen LogP contribution in [0.25, 0.3) is 0 Å². The smallest absolute Gasteiger partial charge is 0.354 e. The van der Waals surface area contributed by atoms with Crippen LogP contribution in [0.3, 0.4) is 0 Å². The number of carbonyl (C=O) groups is 1. The second-order valence-corrected chi connectivity index (χ2v) is 5.77.